The van der Waals surface area contributed by atoms with Gasteiger partial charge in [0.1, 0.15) is 0 Å². The highest BCUT2D eigenvalue weighted by molar-refractivity contribution is 8.15. The Morgan fingerprint density at radius 1 is 1.64 bits per heavy atom. The molecule has 0 amide bonds. The first kappa shape index (κ1) is 11.8. The number of hydrogen-bond donors (Lipinski definition) is 1. The zero-order chi connectivity index (χ0) is 10.6. The van der Waals surface area contributed by atoms with E-state index in [1.807, 2.05) is 25.2 Å². The van der Waals surface area contributed by atoms with Crippen LogP contribution < -0.4 is 0 Å². The molecular weight excluding hydrogens is 210 g/mol. The Kier molecular flexibility index (Phi) is 4.69. The minimum Gasteiger partial charge on any atom is -0.260 e. The quantitative estimate of drug-likeness (QED) is 0.522. The second-order valence-electron chi connectivity index (χ2n) is 3.38. The maximum atomic E-state index is 4.57. The van der Waals surface area contributed by atoms with Crippen LogP contribution in [0.1, 0.15) is 13.8 Å². The zero-order valence-electron chi connectivity index (χ0n) is 8.90. The molecule has 0 saturated heterocycles. The molecule has 1 heterocycles. The van der Waals surface area contributed by atoms with Gasteiger partial charge in [-0.15, -0.1) is 0 Å². The Morgan fingerprint density at radius 3 is 3.00 bits per heavy atom. The number of thiol groups is 1. The molecule has 1 nitrogen and oxygen atoms in total. The summed E-state index contributed by atoms with van der Waals surface area (Å²) in [5, 5.41) is 2.45. The van der Waals surface area contributed by atoms with Crippen LogP contribution in [0.5, 0.6) is 0 Å². The summed E-state index contributed by atoms with van der Waals surface area (Å²) >= 11 is 4.54. The van der Waals surface area contributed by atoms with Crippen LogP contribution in [0.4, 0.5) is 0 Å². The van der Waals surface area contributed by atoms with Gasteiger partial charge >= 0.3 is 0 Å². The lowest BCUT2D eigenvalue weighted by Crippen LogP contribution is -2.01. The van der Waals surface area contributed by atoms with Crippen molar-refractivity contribution < 1.29 is 0 Å². The van der Waals surface area contributed by atoms with E-state index in [1.165, 1.54) is 5.71 Å². The molecule has 78 valence electrons. The summed E-state index contributed by atoms with van der Waals surface area (Å²) in [6.45, 7) is 4.10. The van der Waals surface area contributed by atoms with Gasteiger partial charge in [0.05, 0.1) is 10.9 Å². The largest absolute Gasteiger partial charge is 0.260 e. The minimum absolute atomic E-state index is 0.178. The molecule has 14 heavy (non-hydrogen) atoms. The van der Waals surface area contributed by atoms with Crippen LogP contribution in [-0.4, -0.2) is 28.3 Å². The maximum absolute atomic E-state index is 4.57. The van der Waals surface area contributed by atoms with Crippen molar-refractivity contribution >= 4 is 34.2 Å². The van der Waals surface area contributed by atoms with Crippen molar-refractivity contribution in [3.8, 4) is 0 Å². The smallest absolute Gasteiger partial charge is 0.0672 e. The third kappa shape index (κ3) is 3.46. The third-order valence-electron chi connectivity index (χ3n) is 1.88. The van der Waals surface area contributed by atoms with Crippen LogP contribution in [0.15, 0.2) is 28.9 Å². The van der Waals surface area contributed by atoms with E-state index in [0.29, 0.717) is 10.5 Å². The summed E-state index contributed by atoms with van der Waals surface area (Å²) in [6.07, 6.45) is 8.30. The molecular formula is C11H17NS2. The third-order valence-corrected chi connectivity index (χ3v) is 4.11. The average Bonchev–Trinajstić information content (AvgIpc) is 2.21. The second kappa shape index (κ2) is 5.56. The Bertz CT molecular complexity index is 324. The molecule has 0 N–H and O–H groups in total. The Labute approximate surface area is 94.3 Å². The van der Waals surface area contributed by atoms with Gasteiger partial charge in [0, 0.05) is 11.5 Å². The first-order valence-corrected chi connectivity index (χ1v) is 7.03. The summed E-state index contributed by atoms with van der Waals surface area (Å²) in [5.41, 5.74) is 2.26. The van der Waals surface area contributed by atoms with Gasteiger partial charge in [-0.2, -0.15) is 23.1 Å². The standard InChI is InChI=1S/C11H17NS2/c1-4-5-6-10-11(13)8-14(3)7-9(2)12-10/h4-6,8,11,13H,7H2,1-3H3/b5-4-,10-6+/t11-,14?/m1/s1. The fourth-order valence-corrected chi connectivity index (χ4v) is 3.48. The van der Waals surface area contributed by atoms with Gasteiger partial charge in [-0.3, -0.25) is 4.99 Å². The summed E-state index contributed by atoms with van der Waals surface area (Å²) in [4.78, 5) is 4.57. The van der Waals surface area contributed by atoms with E-state index >= 15 is 0 Å². The van der Waals surface area contributed by atoms with Crippen molar-refractivity contribution in [1.29, 1.82) is 0 Å². The lowest BCUT2D eigenvalue weighted by atomic mass is 10.3. The number of nitrogens with zero attached hydrogens (tertiary/aromatic N) is 1. The molecule has 2 atom stereocenters. The average molecular weight is 227 g/mol. The van der Waals surface area contributed by atoms with E-state index < -0.39 is 0 Å². The lowest BCUT2D eigenvalue weighted by Gasteiger charge is -2.04. The van der Waals surface area contributed by atoms with Crippen molar-refractivity contribution in [1.82, 2.24) is 0 Å². The van der Waals surface area contributed by atoms with E-state index in [2.05, 4.69) is 36.2 Å². The van der Waals surface area contributed by atoms with E-state index in [0.717, 1.165) is 11.4 Å². The molecule has 0 aromatic carbocycles. The highest BCUT2D eigenvalue weighted by Crippen LogP contribution is 2.20. The first-order valence-electron chi connectivity index (χ1n) is 4.65. The van der Waals surface area contributed by atoms with E-state index in [4.69, 9.17) is 0 Å². The number of rotatable bonds is 1. The van der Waals surface area contributed by atoms with Crippen LogP contribution in [0.3, 0.4) is 0 Å². The topological polar surface area (TPSA) is 12.4 Å². The molecule has 1 rings (SSSR count). The Balaban J connectivity index is 3.00. The summed E-state index contributed by atoms with van der Waals surface area (Å²) in [7, 11) is 0.309. The number of hydrogen-bond acceptors (Lipinski definition) is 2. The van der Waals surface area contributed by atoms with Crippen molar-refractivity contribution in [2.45, 2.75) is 19.1 Å². The van der Waals surface area contributed by atoms with Crippen molar-refractivity contribution in [3.63, 3.8) is 0 Å². The minimum atomic E-state index is 0.178. The monoisotopic (exact) mass is 227 g/mol. The molecule has 0 bridgehead atoms. The van der Waals surface area contributed by atoms with Gasteiger partial charge < -0.3 is 0 Å². The van der Waals surface area contributed by atoms with Gasteiger partial charge in [-0.25, -0.2) is 0 Å². The number of aliphatic imine (C=N–C) groups is 1. The van der Waals surface area contributed by atoms with Gasteiger partial charge in [-0.05, 0) is 31.5 Å². The predicted molar refractivity (Wildman–Crippen MR) is 73.2 cm³/mol. The molecule has 0 aromatic heterocycles. The van der Waals surface area contributed by atoms with Crippen molar-refractivity contribution in [2.24, 2.45) is 4.99 Å². The SMILES string of the molecule is C/C=C\C=C1\N=C(C)CS(C)=C[C@H]1S. The highest BCUT2D eigenvalue weighted by Gasteiger charge is 2.10. The van der Waals surface area contributed by atoms with Crippen LogP contribution >= 0.6 is 23.1 Å². The molecule has 0 aliphatic carbocycles. The summed E-state index contributed by atoms with van der Waals surface area (Å²) in [6, 6.07) is 0. The molecule has 0 spiro atoms. The van der Waals surface area contributed by atoms with Gasteiger partial charge in [0.25, 0.3) is 0 Å². The van der Waals surface area contributed by atoms with Crippen molar-refractivity contribution in [3.05, 3.63) is 23.9 Å². The van der Waals surface area contributed by atoms with E-state index in [9.17, 15) is 0 Å². The van der Waals surface area contributed by atoms with Gasteiger partial charge in [0.2, 0.25) is 0 Å². The summed E-state index contributed by atoms with van der Waals surface area (Å²) in [5.74, 6) is 1.07. The fourth-order valence-electron chi connectivity index (χ4n) is 1.32. The lowest BCUT2D eigenvalue weighted by molar-refractivity contribution is 1.25. The van der Waals surface area contributed by atoms with E-state index in [1.54, 1.807) is 0 Å². The van der Waals surface area contributed by atoms with Crippen LogP contribution in [0, 0.1) is 0 Å². The predicted octanol–water partition coefficient (Wildman–Crippen LogP) is 2.92. The van der Waals surface area contributed by atoms with Crippen LogP contribution in [-0.2, 0) is 0 Å². The second-order valence-corrected chi connectivity index (χ2v) is 5.88. The van der Waals surface area contributed by atoms with Crippen molar-refractivity contribution in [2.75, 3.05) is 12.0 Å². The van der Waals surface area contributed by atoms with E-state index in [-0.39, 0.29) is 5.25 Å². The molecule has 0 saturated carbocycles. The first-order chi connectivity index (χ1) is 6.63. The molecule has 0 fully saturated rings. The molecule has 0 aromatic rings. The highest BCUT2D eigenvalue weighted by atomic mass is 32.2. The molecule has 3 heteroatoms. The Morgan fingerprint density at radius 2 is 2.36 bits per heavy atom. The fraction of sp³-hybridized carbons (Fsp3) is 0.455. The Hall–Kier alpha value is -0.280. The zero-order valence-corrected chi connectivity index (χ0v) is 10.6. The molecule has 1 aliphatic heterocycles. The summed E-state index contributed by atoms with van der Waals surface area (Å²) < 4.78 is 0. The van der Waals surface area contributed by atoms with Gasteiger partial charge in [0.15, 0.2) is 0 Å². The van der Waals surface area contributed by atoms with Gasteiger partial charge in [-0.1, -0.05) is 12.2 Å². The maximum Gasteiger partial charge on any atom is 0.0672 e. The van der Waals surface area contributed by atoms with Crippen LogP contribution in [0.2, 0.25) is 0 Å². The molecule has 1 unspecified atom stereocenters. The normalized spacial score (nSPS) is 31.4. The van der Waals surface area contributed by atoms with Crippen LogP contribution in [0.25, 0.3) is 0 Å². The number of allylic oxidation sites excluding steroid dienone is 3. The molecule has 1 aliphatic rings. The molecule has 0 radical (unpaired) electrons.